The number of carbonyl (C=O) groups is 2. The molecule has 4 N–H and O–H groups in total. The third-order valence-electron chi connectivity index (χ3n) is 5.73. The summed E-state index contributed by atoms with van der Waals surface area (Å²) in [7, 11) is -2.37. The van der Waals surface area contributed by atoms with Gasteiger partial charge in [0.05, 0.1) is 12.1 Å². The molecule has 8 nitrogen and oxygen atoms in total. The lowest BCUT2D eigenvalue weighted by Gasteiger charge is -2.44. The number of benzene rings is 1. The van der Waals surface area contributed by atoms with Crippen molar-refractivity contribution < 1.29 is 34.1 Å². The van der Waals surface area contributed by atoms with Gasteiger partial charge in [0, 0.05) is 6.42 Å². The molecule has 0 saturated carbocycles. The van der Waals surface area contributed by atoms with Crippen molar-refractivity contribution in [3.05, 3.63) is 35.9 Å². The van der Waals surface area contributed by atoms with Gasteiger partial charge in [-0.3, -0.25) is 0 Å². The first-order chi connectivity index (χ1) is 14.4. The summed E-state index contributed by atoms with van der Waals surface area (Å²) in [6.07, 6.45) is -4.83. The molecule has 0 fully saturated rings. The van der Waals surface area contributed by atoms with Crippen LogP contribution in [0.4, 0.5) is 4.79 Å². The number of hydrogen-bond donors (Lipinski definition) is 4. The van der Waals surface area contributed by atoms with Gasteiger partial charge >= 0.3 is 12.1 Å². The molecule has 0 saturated heterocycles. The first kappa shape index (κ1) is 28.1. The fourth-order valence-electron chi connectivity index (χ4n) is 2.83. The highest BCUT2D eigenvalue weighted by Gasteiger charge is 2.49. The van der Waals surface area contributed by atoms with Crippen LogP contribution in [0.1, 0.15) is 47.1 Å². The lowest BCUT2D eigenvalue weighted by Crippen LogP contribution is -2.67. The summed E-state index contributed by atoms with van der Waals surface area (Å²) in [5, 5.41) is 33.2. The predicted molar refractivity (Wildman–Crippen MR) is 125 cm³/mol. The van der Waals surface area contributed by atoms with E-state index in [9.17, 15) is 24.9 Å². The van der Waals surface area contributed by atoms with Gasteiger partial charge in [0.2, 0.25) is 0 Å². The number of nitrogens with one attached hydrogen (secondary N) is 1. The lowest BCUT2D eigenvalue weighted by molar-refractivity contribution is -0.157. The Hall–Kier alpha value is -1.94. The van der Waals surface area contributed by atoms with Gasteiger partial charge < -0.3 is 29.8 Å². The van der Waals surface area contributed by atoms with Crippen LogP contribution in [0.15, 0.2) is 30.3 Å². The minimum atomic E-state index is -2.37. The topological polar surface area (TPSA) is 125 Å². The molecular formula is C23H39NO7Si. The second-order valence-corrected chi connectivity index (χ2v) is 15.5. The third kappa shape index (κ3) is 7.88. The maximum atomic E-state index is 12.8. The van der Waals surface area contributed by atoms with Crippen molar-refractivity contribution in [3.63, 3.8) is 0 Å². The molecule has 0 aliphatic heterocycles. The second kappa shape index (κ2) is 10.3. The number of rotatable bonds is 9. The molecule has 0 aromatic heterocycles. The van der Waals surface area contributed by atoms with E-state index in [1.165, 1.54) is 0 Å². The highest BCUT2D eigenvalue weighted by Crippen LogP contribution is 2.37. The number of carbonyl (C=O) groups excluding carboxylic acids is 1. The molecule has 3 unspecified atom stereocenters. The van der Waals surface area contributed by atoms with Crippen molar-refractivity contribution in [2.24, 2.45) is 0 Å². The number of aliphatic carboxylic acids is 1. The molecule has 0 aliphatic carbocycles. The van der Waals surface area contributed by atoms with E-state index in [1.807, 2.05) is 39.9 Å². The Kier molecular flexibility index (Phi) is 9.07. The highest BCUT2D eigenvalue weighted by molar-refractivity contribution is 6.74. The Morgan fingerprint density at radius 2 is 1.56 bits per heavy atom. The van der Waals surface area contributed by atoms with Crippen LogP contribution in [0.5, 0.6) is 0 Å². The molecule has 3 atom stereocenters. The van der Waals surface area contributed by atoms with Crippen LogP contribution < -0.4 is 5.32 Å². The fraction of sp³-hybridized carbons (Fsp3) is 0.652. The van der Waals surface area contributed by atoms with Crippen LogP contribution in [-0.2, 0) is 20.4 Å². The Labute approximate surface area is 192 Å². The lowest BCUT2D eigenvalue weighted by atomic mass is 9.83. The average Bonchev–Trinajstić information content (AvgIpc) is 2.63. The maximum absolute atomic E-state index is 12.8. The normalized spacial score (nSPS) is 16.6. The van der Waals surface area contributed by atoms with E-state index in [0.717, 1.165) is 5.56 Å². The van der Waals surface area contributed by atoms with Gasteiger partial charge in [0.25, 0.3) is 0 Å². The van der Waals surface area contributed by atoms with E-state index >= 15 is 0 Å². The van der Waals surface area contributed by atoms with Gasteiger partial charge in [-0.2, -0.15) is 0 Å². The zero-order valence-electron chi connectivity index (χ0n) is 20.4. The quantitative estimate of drug-likeness (QED) is 0.409. The molecule has 1 amide bonds. The van der Waals surface area contributed by atoms with Crippen molar-refractivity contribution in [3.8, 4) is 0 Å². The first-order valence-electron chi connectivity index (χ1n) is 10.7. The van der Waals surface area contributed by atoms with Crippen LogP contribution >= 0.6 is 0 Å². The van der Waals surface area contributed by atoms with Gasteiger partial charge in [-0.15, -0.1) is 0 Å². The number of carboxylic acid groups (broad SMARTS) is 1. The van der Waals surface area contributed by atoms with Crippen molar-refractivity contribution >= 4 is 20.4 Å². The van der Waals surface area contributed by atoms with E-state index < -0.39 is 43.7 Å². The van der Waals surface area contributed by atoms with E-state index in [1.54, 1.807) is 45.0 Å². The number of aliphatic hydroxyl groups excluding tert-OH is 2. The Morgan fingerprint density at radius 3 is 2.00 bits per heavy atom. The largest absolute Gasteiger partial charge is 0.479 e. The van der Waals surface area contributed by atoms with E-state index in [4.69, 9.17) is 9.16 Å². The molecule has 182 valence electrons. The molecule has 0 spiro atoms. The van der Waals surface area contributed by atoms with Gasteiger partial charge in [-0.25, -0.2) is 9.59 Å². The van der Waals surface area contributed by atoms with Crippen LogP contribution in [0, 0.1) is 0 Å². The van der Waals surface area contributed by atoms with E-state index in [0.29, 0.717) is 0 Å². The number of aliphatic hydroxyl groups is 2. The van der Waals surface area contributed by atoms with Crippen LogP contribution in [0.3, 0.4) is 0 Å². The van der Waals surface area contributed by atoms with Gasteiger partial charge in [-0.1, -0.05) is 51.1 Å². The number of alkyl carbamates (subject to hydrolysis) is 1. The summed E-state index contributed by atoms with van der Waals surface area (Å²) in [6.45, 7) is 15.0. The molecule has 1 rings (SSSR count). The molecule has 1 aromatic carbocycles. The standard InChI is InChI=1S/C23H39NO7Si/c1-21(2,3)31-20(29)24-23(18(26)17(25)19(27)28,14-16-12-10-9-11-13-16)15-30-32(7,8)22(4,5)6/h9-13,17-18,25-26H,14-15H2,1-8H3,(H,24,29)(H,27,28). The van der Waals surface area contributed by atoms with Gasteiger partial charge in [-0.05, 0) is 44.5 Å². The Bertz CT molecular complexity index is 771. The van der Waals surface area contributed by atoms with Gasteiger partial charge in [0.1, 0.15) is 11.7 Å². The number of ether oxygens (including phenoxy) is 1. The van der Waals surface area contributed by atoms with Crippen molar-refractivity contribution in [1.82, 2.24) is 5.32 Å². The number of hydrogen-bond acceptors (Lipinski definition) is 6. The molecule has 0 aliphatic rings. The van der Waals surface area contributed by atoms with Crippen molar-refractivity contribution in [1.29, 1.82) is 0 Å². The van der Waals surface area contributed by atoms with Crippen LogP contribution in [-0.4, -0.2) is 65.7 Å². The summed E-state index contributed by atoms with van der Waals surface area (Å²) in [4.78, 5) is 24.3. The minimum Gasteiger partial charge on any atom is -0.479 e. The second-order valence-electron chi connectivity index (χ2n) is 10.7. The summed E-state index contributed by atoms with van der Waals surface area (Å²) in [5.41, 5.74) is -1.75. The molecule has 0 heterocycles. The zero-order valence-corrected chi connectivity index (χ0v) is 21.4. The predicted octanol–water partition coefficient (Wildman–Crippen LogP) is 3.32. The first-order valence-corrected chi connectivity index (χ1v) is 13.6. The average molecular weight is 470 g/mol. The SMILES string of the molecule is CC(C)(C)OC(=O)NC(CO[Si](C)(C)C(C)(C)C)(Cc1ccccc1)C(O)C(O)C(=O)O. The summed E-state index contributed by atoms with van der Waals surface area (Å²) >= 11 is 0. The maximum Gasteiger partial charge on any atom is 0.408 e. The number of amides is 1. The van der Waals surface area contributed by atoms with Crippen LogP contribution in [0.25, 0.3) is 0 Å². The smallest absolute Gasteiger partial charge is 0.408 e. The minimum absolute atomic E-state index is 0.0210. The summed E-state index contributed by atoms with van der Waals surface area (Å²) < 4.78 is 11.7. The Balaban J connectivity index is 3.49. The fourth-order valence-corrected chi connectivity index (χ4v) is 3.88. The molecule has 0 bridgehead atoms. The molecule has 0 radical (unpaired) electrons. The molecule has 9 heteroatoms. The third-order valence-corrected chi connectivity index (χ3v) is 10.2. The number of carboxylic acids is 1. The molecule has 1 aromatic rings. The van der Waals surface area contributed by atoms with Crippen molar-refractivity contribution in [2.45, 2.75) is 89.4 Å². The van der Waals surface area contributed by atoms with Crippen molar-refractivity contribution in [2.75, 3.05) is 6.61 Å². The zero-order chi connectivity index (χ0) is 25.0. The monoisotopic (exact) mass is 469 g/mol. The van der Waals surface area contributed by atoms with Gasteiger partial charge in [0.15, 0.2) is 14.4 Å². The summed E-state index contributed by atoms with van der Waals surface area (Å²) in [6, 6.07) is 8.99. The van der Waals surface area contributed by atoms with E-state index in [2.05, 4.69) is 5.32 Å². The Morgan fingerprint density at radius 1 is 1.03 bits per heavy atom. The molecule has 32 heavy (non-hydrogen) atoms. The van der Waals surface area contributed by atoms with Crippen LogP contribution in [0.2, 0.25) is 18.1 Å². The molecular weight excluding hydrogens is 430 g/mol. The van der Waals surface area contributed by atoms with E-state index in [-0.39, 0.29) is 18.1 Å². The summed E-state index contributed by atoms with van der Waals surface area (Å²) in [5.74, 6) is -1.60. The highest BCUT2D eigenvalue weighted by atomic mass is 28.4.